The van der Waals surface area contributed by atoms with Crippen LogP contribution in [0.3, 0.4) is 0 Å². The van der Waals surface area contributed by atoms with Gasteiger partial charge in [-0.1, -0.05) is 6.07 Å². The molecular formula is C50H63F2N11O6. The van der Waals surface area contributed by atoms with E-state index in [-0.39, 0.29) is 41.3 Å². The number of hydrogen-bond donors (Lipinski definition) is 3. The number of alkyl halides is 2. The Morgan fingerprint density at radius 2 is 1.75 bits per heavy atom. The summed E-state index contributed by atoms with van der Waals surface area (Å²) in [6.45, 7) is 5.43. The maximum Gasteiger partial charge on any atom is 0.329 e. The summed E-state index contributed by atoms with van der Waals surface area (Å²) in [4.78, 5) is 64.3. The fourth-order valence-electron chi connectivity index (χ4n) is 10.8. The van der Waals surface area contributed by atoms with Crippen molar-refractivity contribution in [2.24, 2.45) is 24.8 Å². The highest BCUT2D eigenvalue weighted by Gasteiger charge is 2.36. The average Bonchev–Trinajstić information content (AvgIpc) is 3.74. The molecule has 0 spiro atoms. The van der Waals surface area contributed by atoms with E-state index in [0.717, 1.165) is 108 Å². The van der Waals surface area contributed by atoms with E-state index in [2.05, 4.69) is 53.9 Å². The number of nitrogens with one attached hydrogen (secondary N) is 3. The van der Waals surface area contributed by atoms with Gasteiger partial charge in [-0.2, -0.15) is 5.10 Å². The second kappa shape index (κ2) is 20.3. The Bertz CT molecular complexity index is 2700. The second-order valence-corrected chi connectivity index (χ2v) is 20.2. The fraction of sp³-hybridized carbons (Fsp3) is 0.580. The van der Waals surface area contributed by atoms with Crippen molar-refractivity contribution in [3.05, 3.63) is 76.4 Å². The molecule has 3 N–H and O–H groups in total. The number of carbonyl (C=O) groups excluding carboxylic acids is 3. The van der Waals surface area contributed by atoms with Crippen LogP contribution in [0.4, 0.5) is 20.3 Å². The van der Waals surface area contributed by atoms with E-state index in [1.165, 1.54) is 29.9 Å². The van der Waals surface area contributed by atoms with Gasteiger partial charge in [0.05, 0.1) is 28.9 Å². The first-order chi connectivity index (χ1) is 33.4. The Hall–Kier alpha value is -5.79. The first-order valence-electron chi connectivity index (χ1n) is 24.8. The molecule has 3 aliphatic carbocycles. The summed E-state index contributed by atoms with van der Waals surface area (Å²) in [7, 11) is 3.93. The molecule has 19 heteroatoms. The summed E-state index contributed by atoms with van der Waals surface area (Å²) in [6, 6.07) is 9.35. The van der Waals surface area contributed by atoms with Gasteiger partial charge < -0.3 is 24.7 Å². The van der Waals surface area contributed by atoms with Gasteiger partial charge in [-0.15, -0.1) is 0 Å². The normalized spacial score (nSPS) is 23.7. The number of halogens is 2. The molecule has 5 aliphatic rings. The van der Waals surface area contributed by atoms with E-state index in [9.17, 15) is 28.0 Å². The molecule has 2 aliphatic heterocycles. The molecule has 4 aromatic heterocycles. The molecule has 2 saturated heterocycles. The van der Waals surface area contributed by atoms with Gasteiger partial charge in [0, 0.05) is 63.7 Å². The molecule has 0 bridgehead atoms. The van der Waals surface area contributed by atoms with Crippen LogP contribution in [0.5, 0.6) is 0 Å². The number of hydrogen-bond acceptors (Lipinski definition) is 12. The Morgan fingerprint density at radius 3 is 2.51 bits per heavy atom. The van der Waals surface area contributed by atoms with Crippen LogP contribution in [0.1, 0.15) is 124 Å². The number of imide groups is 1. The van der Waals surface area contributed by atoms with Crippen LogP contribution in [-0.4, -0.2) is 108 Å². The number of ether oxygens (including phenoxy) is 1. The van der Waals surface area contributed by atoms with Crippen molar-refractivity contribution in [3.8, 4) is 11.5 Å². The van der Waals surface area contributed by atoms with Gasteiger partial charge in [0.1, 0.15) is 18.1 Å². The van der Waals surface area contributed by atoms with E-state index in [1.807, 2.05) is 18.2 Å². The number of carbonyl (C=O) groups is 3. The molecule has 1 atom stereocenters. The SMILES string of the molecule is CN(CC1CCC(n2cc(NC(=O)c3coc(-c4ccnc(NCC5CC5)c4)n3)c(C(F)F)n2)CC1)C1CC(OCCC2CCN(Cc3ccc4c(c3)n(C)c(=O)n4C3CCC(=O)NC3=O)CC2)C1. The van der Waals surface area contributed by atoms with Crippen LogP contribution < -0.4 is 21.6 Å². The molecule has 10 rings (SSSR count). The van der Waals surface area contributed by atoms with Gasteiger partial charge in [-0.05, 0) is 145 Å². The quantitative estimate of drug-likeness (QED) is 0.0759. The number of oxazole rings is 1. The van der Waals surface area contributed by atoms with Crippen molar-refractivity contribution >= 4 is 40.3 Å². The monoisotopic (exact) mass is 951 g/mol. The summed E-state index contributed by atoms with van der Waals surface area (Å²) >= 11 is 0. The van der Waals surface area contributed by atoms with Crippen molar-refractivity contribution in [2.75, 3.05) is 50.5 Å². The lowest BCUT2D eigenvalue weighted by molar-refractivity contribution is -0.135. The zero-order valence-electron chi connectivity index (χ0n) is 39.5. The van der Waals surface area contributed by atoms with Crippen LogP contribution in [-0.2, 0) is 27.9 Å². The standard InChI is InChI=1S/C50H63F2N11O6/c1-59(36-23-37(24-36)68-20-16-30-14-18-61(19-15-30)27-33-7-10-40-42(21-33)60(2)50(67)63(40)41-11-12-44(64)57-48(41)66)26-32-5-8-35(9-6-32)62-28-38(45(58-62)46(51)52)55-47(65)39-29-69-49(56-39)34-13-17-53-43(22-34)54-25-31-3-4-31/h7,10,13,17,21-22,28-32,35-37,41,46H,3-6,8-9,11-12,14-16,18-20,23-27H2,1-2H3,(H,53,54)(H,55,65)(H,57,64,66). The van der Waals surface area contributed by atoms with Crippen LogP contribution >= 0.6 is 0 Å². The maximum atomic E-state index is 14.2. The van der Waals surface area contributed by atoms with E-state index in [4.69, 9.17) is 9.15 Å². The first kappa shape index (κ1) is 46.9. The minimum absolute atomic E-state index is 0.0198. The summed E-state index contributed by atoms with van der Waals surface area (Å²) in [5, 5.41) is 12.6. The number of aryl methyl sites for hydroxylation is 1. The van der Waals surface area contributed by atoms with Crippen LogP contribution in [0.25, 0.3) is 22.5 Å². The summed E-state index contributed by atoms with van der Waals surface area (Å²) < 4.78 is 45.1. The largest absolute Gasteiger partial charge is 0.444 e. The van der Waals surface area contributed by atoms with Crippen LogP contribution in [0.2, 0.25) is 0 Å². The van der Waals surface area contributed by atoms with Gasteiger partial charge in [0.15, 0.2) is 11.4 Å². The number of piperidine rings is 2. The minimum Gasteiger partial charge on any atom is -0.444 e. The molecule has 3 saturated carbocycles. The number of rotatable bonds is 18. The molecule has 6 heterocycles. The first-order valence-corrected chi connectivity index (χ1v) is 24.8. The third-order valence-electron chi connectivity index (χ3n) is 15.3. The Labute approximate surface area is 399 Å². The van der Waals surface area contributed by atoms with Gasteiger partial charge in [-0.25, -0.2) is 23.5 Å². The predicted octanol–water partition coefficient (Wildman–Crippen LogP) is 7.09. The lowest BCUT2D eigenvalue weighted by Gasteiger charge is -2.43. The van der Waals surface area contributed by atoms with Crippen molar-refractivity contribution in [2.45, 2.75) is 121 Å². The Morgan fingerprint density at radius 1 is 0.971 bits per heavy atom. The molecule has 17 nitrogen and oxygen atoms in total. The molecule has 368 valence electrons. The number of fused-ring (bicyclic) bond motifs is 1. The molecule has 1 aromatic carbocycles. The highest BCUT2D eigenvalue weighted by Crippen LogP contribution is 2.37. The number of aromatic nitrogens is 6. The minimum atomic E-state index is -2.86. The third kappa shape index (κ3) is 10.7. The number of nitrogens with zero attached hydrogens (tertiary/aromatic N) is 8. The second-order valence-electron chi connectivity index (χ2n) is 20.2. The molecular weight excluding hydrogens is 889 g/mol. The molecule has 3 amide bonds. The topological polar surface area (TPSA) is 187 Å². The van der Waals surface area contributed by atoms with Crippen LogP contribution in [0, 0.1) is 17.8 Å². The van der Waals surface area contributed by atoms with E-state index >= 15 is 0 Å². The van der Waals surface area contributed by atoms with E-state index in [1.54, 1.807) is 28.6 Å². The molecule has 0 radical (unpaired) electrons. The molecule has 5 fully saturated rings. The number of likely N-dealkylation sites (tertiary alicyclic amines) is 1. The number of imidazole rings is 1. The summed E-state index contributed by atoms with van der Waals surface area (Å²) in [6.07, 6.45) is 13.8. The zero-order chi connectivity index (χ0) is 47.8. The van der Waals surface area contributed by atoms with Crippen molar-refractivity contribution in [1.29, 1.82) is 0 Å². The fourth-order valence-corrected chi connectivity index (χ4v) is 10.8. The summed E-state index contributed by atoms with van der Waals surface area (Å²) in [5.41, 5.74) is 2.52. The lowest BCUT2D eigenvalue weighted by Crippen LogP contribution is -2.48. The molecule has 5 aromatic rings. The number of pyridine rings is 1. The smallest absolute Gasteiger partial charge is 0.329 e. The van der Waals surface area contributed by atoms with Crippen molar-refractivity contribution < 1.29 is 32.3 Å². The zero-order valence-corrected chi connectivity index (χ0v) is 39.5. The van der Waals surface area contributed by atoms with Crippen molar-refractivity contribution in [1.82, 2.24) is 44.0 Å². The average molecular weight is 952 g/mol. The highest BCUT2D eigenvalue weighted by molar-refractivity contribution is 6.03. The van der Waals surface area contributed by atoms with E-state index in [0.29, 0.717) is 53.2 Å². The third-order valence-corrected chi connectivity index (χ3v) is 15.3. The van der Waals surface area contributed by atoms with Gasteiger partial charge >= 0.3 is 5.69 Å². The highest BCUT2D eigenvalue weighted by atomic mass is 19.3. The number of benzene rings is 1. The van der Waals surface area contributed by atoms with Crippen molar-refractivity contribution in [3.63, 3.8) is 0 Å². The van der Waals surface area contributed by atoms with E-state index < -0.39 is 30.0 Å². The number of anilines is 2. The number of amides is 3. The summed E-state index contributed by atoms with van der Waals surface area (Å²) in [5.74, 6) is 1.37. The Kier molecular flexibility index (Phi) is 13.8. The van der Waals surface area contributed by atoms with Gasteiger partial charge in [-0.3, -0.25) is 38.4 Å². The van der Waals surface area contributed by atoms with Crippen LogP contribution in [0.15, 0.2) is 58.2 Å². The maximum absolute atomic E-state index is 14.2. The predicted molar refractivity (Wildman–Crippen MR) is 254 cm³/mol. The van der Waals surface area contributed by atoms with Gasteiger partial charge in [0.2, 0.25) is 17.7 Å². The molecule has 69 heavy (non-hydrogen) atoms. The molecule has 1 unspecified atom stereocenters. The lowest BCUT2D eigenvalue weighted by atomic mass is 9.83. The Balaban J connectivity index is 0.621. The van der Waals surface area contributed by atoms with Gasteiger partial charge in [0.25, 0.3) is 12.3 Å².